The Kier molecular flexibility index (Phi) is 5.72. The molecule has 0 amide bonds. The highest BCUT2D eigenvalue weighted by Gasteiger charge is 2.26. The molecule has 2 heterocycles. The van der Waals surface area contributed by atoms with Gasteiger partial charge in [0.15, 0.2) is 0 Å². The summed E-state index contributed by atoms with van der Waals surface area (Å²) in [6.07, 6.45) is 10.2. The molecule has 0 radical (unpaired) electrons. The molecule has 1 aliphatic heterocycles. The van der Waals surface area contributed by atoms with Gasteiger partial charge in [0, 0.05) is 31.4 Å². The molecule has 5 nitrogen and oxygen atoms in total. The van der Waals surface area contributed by atoms with E-state index in [1.54, 1.807) is 0 Å². The molecular formula is C23H26N2O3. The number of aromatic nitrogens is 1. The van der Waals surface area contributed by atoms with Gasteiger partial charge in [0.25, 0.3) is 0 Å². The number of rotatable bonds is 5. The lowest BCUT2D eigenvalue weighted by Crippen LogP contribution is -2.43. The van der Waals surface area contributed by atoms with E-state index in [1.807, 2.05) is 12.1 Å². The van der Waals surface area contributed by atoms with Crippen LogP contribution in [-0.4, -0.2) is 35.0 Å². The average molecular weight is 378 g/mol. The molecule has 1 saturated heterocycles. The summed E-state index contributed by atoms with van der Waals surface area (Å²) in [5.74, 6) is -0.444. The van der Waals surface area contributed by atoms with Crippen LogP contribution in [0.2, 0.25) is 0 Å². The van der Waals surface area contributed by atoms with E-state index in [4.69, 9.17) is 4.74 Å². The summed E-state index contributed by atoms with van der Waals surface area (Å²) in [6, 6.07) is 11.8. The van der Waals surface area contributed by atoms with Crippen LogP contribution in [0.25, 0.3) is 6.08 Å². The Balaban J connectivity index is 1.28. The minimum Gasteiger partial charge on any atom is -0.457 e. The molecule has 1 N–H and O–H groups in total. The lowest BCUT2D eigenvalue weighted by Gasteiger charge is -2.40. The normalized spacial score (nSPS) is 17.8. The van der Waals surface area contributed by atoms with Crippen molar-refractivity contribution in [3.63, 3.8) is 0 Å². The van der Waals surface area contributed by atoms with Crippen LogP contribution in [0.1, 0.15) is 53.6 Å². The lowest BCUT2D eigenvalue weighted by molar-refractivity contribution is 0.0472. The third kappa shape index (κ3) is 4.60. The summed E-state index contributed by atoms with van der Waals surface area (Å²) in [5.41, 5.74) is 3.76. The van der Waals surface area contributed by atoms with Gasteiger partial charge in [-0.3, -0.25) is 9.69 Å². The molecule has 0 unspecified atom stereocenters. The Hall–Kier alpha value is -2.66. The Labute approximate surface area is 165 Å². The molecule has 146 valence electrons. The summed E-state index contributed by atoms with van der Waals surface area (Å²) in [6.45, 7) is 2.59. The number of nitrogens with one attached hydrogen (secondary N) is 1. The molecule has 0 spiro atoms. The number of ether oxygens (including phenoxy) is 1. The van der Waals surface area contributed by atoms with E-state index in [9.17, 15) is 9.59 Å². The van der Waals surface area contributed by atoms with Crippen LogP contribution in [0.5, 0.6) is 0 Å². The molecule has 1 aromatic carbocycles. The van der Waals surface area contributed by atoms with Crippen molar-refractivity contribution in [3.05, 3.63) is 75.2 Å². The van der Waals surface area contributed by atoms with Crippen molar-refractivity contribution in [1.29, 1.82) is 0 Å². The second kappa shape index (κ2) is 8.57. The maximum absolute atomic E-state index is 12.0. The fourth-order valence-corrected chi connectivity index (χ4v) is 3.79. The number of benzene rings is 1. The van der Waals surface area contributed by atoms with Crippen molar-refractivity contribution < 1.29 is 9.53 Å². The Morgan fingerprint density at radius 3 is 2.46 bits per heavy atom. The predicted octanol–water partition coefficient (Wildman–Crippen LogP) is 3.76. The zero-order valence-corrected chi connectivity index (χ0v) is 16.0. The molecule has 4 rings (SSSR count). The molecule has 2 fully saturated rings. The Bertz CT molecular complexity index is 880. The third-order valence-electron chi connectivity index (χ3n) is 5.77. The largest absolute Gasteiger partial charge is 0.457 e. The SMILES string of the molecule is O=C(OCc1ccc(C=C2CCN(C3CCC3)CC2)cc1)c1ccc(=O)[nH]c1. The van der Waals surface area contributed by atoms with Crippen molar-refractivity contribution in [3.8, 4) is 0 Å². The van der Waals surface area contributed by atoms with Crippen LogP contribution in [0.3, 0.4) is 0 Å². The smallest absolute Gasteiger partial charge is 0.339 e. The number of carbonyl (C=O) groups is 1. The highest BCUT2D eigenvalue weighted by atomic mass is 16.5. The first-order valence-electron chi connectivity index (χ1n) is 10.1. The number of nitrogens with zero attached hydrogens (tertiary/aromatic N) is 1. The highest BCUT2D eigenvalue weighted by molar-refractivity contribution is 5.88. The topological polar surface area (TPSA) is 62.4 Å². The van der Waals surface area contributed by atoms with E-state index >= 15 is 0 Å². The Morgan fingerprint density at radius 1 is 1.11 bits per heavy atom. The van der Waals surface area contributed by atoms with Gasteiger partial charge < -0.3 is 9.72 Å². The van der Waals surface area contributed by atoms with Crippen LogP contribution in [0.4, 0.5) is 0 Å². The van der Waals surface area contributed by atoms with Gasteiger partial charge in [-0.25, -0.2) is 4.79 Å². The highest BCUT2D eigenvalue weighted by Crippen LogP contribution is 2.29. The van der Waals surface area contributed by atoms with Crippen LogP contribution in [-0.2, 0) is 11.3 Å². The van der Waals surface area contributed by atoms with Crippen LogP contribution >= 0.6 is 0 Å². The molecule has 0 bridgehead atoms. The number of piperidine rings is 1. The lowest BCUT2D eigenvalue weighted by atomic mass is 9.89. The quantitative estimate of drug-likeness (QED) is 0.805. The number of likely N-dealkylation sites (tertiary alicyclic amines) is 1. The third-order valence-corrected chi connectivity index (χ3v) is 5.77. The molecule has 28 heavy (non-hydrogen) atoms. The van der Waals surface area contributed by atoms with E-state index in [0.717, 1.165) is 24.4 Å². The molecular weight excluding hydrogens is 352 g/mol. The summed E-state index contributed by atoms with van der Waals surface area (Å²) in [5, 5.41) is 0. The summed E-state index contributed by atoms with van der Waals surface area (Å²) < 4.78 is 5.31. The fraction of sp³-hybridized carbons (Fsp3) is 0.391. The van der Waals surface area contributed by atoms with Gasteiger partial charge in [-0.15, -0.1) is 0 Å². The van der Waals surface area contributed by atoms with Crippen molar-refractivity contribution in [2.45, 2.75) is 44.8 Å². The van der Waals surface area contributed by atoms with Gasteiger partial charge in [-0.2, -0.15) is 0 Å². The average Bonchev–Trinajstić information content (AvgIpc) is 2.68. The van der Waals surface area contributed by atoms with Crippen LogP contribution < -0.4 is 5.56 Å². The molecule has 2 aliphatic rings. The first-order chi connectivity index (χ1) is 13.7. The van der Waals surface area contributed by atoms with E-state index in [1.165, 1.54) is 61.8 Å². The Morgan fingerprint density at radius 2 is 1.86 bits per heavy atom. The standard InChI is InChI=1S/C23H26N2O3/c26-22-9-8-20(15-24-22)23(27)28-16-19-6-4-17(5-7-19)14-18-10-12-25(13-11-18)21-2-1-3-21/h4-9,14-15,21H,1-3,10-13,16H2,(H,24,26). The van der Waals surface area contributed by atoms with Gasteiger partial charge in [0.05, 0.1) is 5.56 Å². The maximum Gasteiger partial charge on any atom is 0.339 e. The summed E-state index contributed by atoms with van der Waals surface area (Å²) >= 11 is 0. The summed E-state index contributed by atoms with van der Waals surface area (Å²) in [4.78, 5) is 28.2. The number of aromatic amines is 1. The molecule has 1 saturated carbocycles. The van der Waals surface area contributed by atoms with Crippen molar-refractivity contribution in [1.82, 2.24) is 9.88 Å². The fourth-order valence-electron chi connectivity index (χ4n) is 3.79. The molecule has 5 heteroatoms. The molecule has 1 aromatic heterocycles. The first kappa shape index (κ1) is 18.7. The first-order valence-corrected chi connectivity index (χ1v) is 10.1. The monoisotopic (exact) mass is 378 g/mol. The molecule has 0 atom stereocenters. The maximum atomic E-state index is 12.0. The zero-order valence-electron chi connectivity index (χ0n) is 16.0. The van der Waals surface area contributed by atoms with E-state index in [2.05, 4.69) is 28.1 Å². The van der Waals surface area contributed by atoms with E-state index < -0.39 is 5.97 Å². The number of pyridine rings is 1. The van der Waals surface area contributed by atoms with Gasteiger partial charge in [0.2, 0.25) is 5.56 Å². The number of hydrogen-bond donors (Lipinski definition) is 1. The van der Waals surface area contributed by atoms with Gasteiger partial charge in [-0.05, 0) is 42.9 Å². The van der Waals surface area contributed by atoms with Gasteiger partial charge in [0.1, 0.15) is 6.61 Å². The van der Waals surface area contributed by atoms with Crippen LogP contribution in [0.15, 0.2) is 53.0 Å². The minimum atomic E-state index is -0.444. The number of hydrogen-bond acceptors (Lipinski definition) is 4. The number of carbonyl (C=O) groups excluding carboxylic acids is 1. The van der Waals surface area contributed by atoms with Crippen molar-refractivity contribution in [2.24, 2.45) is 0 Å². The second-order valence-corrected chi connectivity index (χ2v) is 7.68. The van der Waals surface area contributed by atoms with Crippen molar-refractivity contribution in [2.75, 3.05) is 13.1 Å². The van der Waals surface area contributed by atoms with E-state index in [-0.39, 0.29) is 12.2 Å². The number of H-pyrrole nitrogens is 1. The zero-order chi connectivity index (χ0) is 19.3. The molecule has 1 aliphatic carbocycles. The molecule has 2 aromatic rings. The van der Waals surface area contributed by atoms with Crippen molar-refractivity contribution >= 4 is 12.0 Å². The summed E-state index contributed by atoms with van der Waals surface area (Å²) in [7, 11) is 0. The number of esters is 1. The van der Waals surface area contributed by atoms with E-state index in [0.29, 0.717) is 5.56 Å². The predicted molar refractivity (Wildman–Crippen MR) is 109 cm³/mol. The van der Waals surface area contributed by atoms with Gasteiger partial charge in [-0.1, -0.05) is 42.3 Å². The second-order valence-electron chi connectivity index (χ2n) is 7.68. The van der Waals surface area contributed by atoms with Gasteiger partial charge >= 0.3 is 5.97 Å². The minimum absolute atomic E-state index is 0.213. The van der Waals surface area contributed by atoms with Crippen LogP contribution in [0, 0.1) is 0 Å².